The van der Waals surface area contributed by atoms with Gasteiger partial charge in [-0.2, -0.15) is 5.26 Å². The van der Waals surface area contributed by atoms with Gasteiger partial charge in [0.1, 0.15) is 34.3 Å². The molecule has 0 atom stereocenters. The van der Waals surface area contributed by atoms with Gasteiger partial charge in [0, 0.05) is 0 Å². The average Bonchev–Trinajstić information content (AvgIpc) is 2.37. The summed E-state index contributed by atoms with van der Waals surface area (Å²) < 4.78 is 13.5. The van der Waals surface area contributed by atoms with E-state index in [1.54, 1.807) is 0 Å². The zero-order chi connectivity index (χ0) is 13.1. The highest BCUT2D eigenvalue weighted by Crippen LogP contribution is 2.28. The number of rotatable bonds is 2. The van der Waals surface area contributed by atoms with Gasteiger partial charge in [0.05, 0.1) is 11.3 Å². The number of hydrogen-bond donors (Lipinski definition) is 2. The summed E-state index contributed by atoms with van der Waals surface area (Å²) in [6.07, 6.45) is 1.29. The Morgan fingerprint density at radius 1 is 1.39 bits per heavy atom. The van der Waals surface area contributed by atoms with Crippen LogP contribution in [0, 0.1) is 17.1 Å². The summed E-state index contributed by atoms with van der Waals surface area (Å²) in [6, 6.07) is 5.75. The molecule has 0 aliphatic rings. The first-order chi connectivity index (χ1) is 8.61. The van der Waals surface area contributed by atoms with Crippen molar-refractivity contribution in [3.63, 3.8) is 0 Å². The maximum Gasteiger partial charge on any atom is 0.150 e. The Balaban J connectivity index is 2.41. The maximum atomic E-state index is 13.0. The van der Waals surface area contributed by atoms with E-state index < -0.39 is 5.82 Å². The van der Waals surface area contributed by atoms with E-state index in [0.29, 0.717) is 16.0 Å². The number of anilines is 3. The summed E-state index contributed by atoms with van der Waals surface area (Å²) in [5.74, 6) is 0.206. The fourth-order valence-corrected chi connectivity index (χ4v) is 1.62. The smallest absolute Gasteiger partial charge is 0.150 e. The summed E-state index contributed by atoms with van der Waals surface area (Å²) in [6.45, 7) is 0. The fourth-order valence-electron chi connectivity index (χ4n) is 1.32. The Morgan fingerprint density at radius 2 is 2.17 bits per heavy atom. The molecule has 0 bridgehead atoms. The molecular weight excluding hydrogens is 301 g/mol. The summed E-state index contributed by atoms with van der Waals surface area (Å²) in [7, 11) is 0. The van der Waals surface area contributed by atoms with E-state index >= 15 is 0 Å². The van der Waals surface area contributed by atoms with Crippen molar-refractivity contribution in [2.24, 2.45) is 0 Å². The minimum Gasteiger partial charge on any atom is -0.383 e. The molecule has 5 nitrogen and oxygen atoms in total. The van der Waals surface area contributed by atoms with E-state index in [1.165, 1.54) is 18.5 Å². The van der Waals surface area contributed by atoms with Gasteiger partial charge < -0.3 is 11.1 Å². The second-order valence-corrected chi connectivity index (χ2v) is 4.14. The molecule has 0 saturated carbocycles. The highest BCUT2D eigenvalue weighted by Gasteiger charge is 2.09. The van der Waals surface area contributed by atoms with Crippen LogP contribution in [0.1, 0.15) is 5.56 Å². The minimum atomic E-state index is -0.474. The van der Waals surface area contributed by atoms with Gasteiger partial charge in [0.2, 0.25) is 0 Å². The molecular formula is C11H7BrFN5. The summed E-state index contributed by atoms with van der Waals surface area (Å²) >= 11 is 3.23. The number of nitriles is 1. The van der Waals surface area contributed by atoms with Gasteiger partial charge in [-0.05, 0) is 34.1 Å². The van der Waals surface area contributed by atoms with Crippen molar-refractivity contribution in [1.82, 2.24) is 9.97 Å². The lowest BCUT2D eigenvalue weighted by Gasteiger charge is -2.09. The first-order valence-electron chi connectivity index (χ1n) is 4.84. The third kappa shape index (κ3) is 2.38. The monoisotopic (exact) mass is 307 g/mol. The highest BCUT2D eigenvalue weighted by molar-refractivity contribution is 9.10. The van der Waals surface area contributed by atoms with E-state index in [0.717, 1.165) is 6.07 Å². The lowest BCUT2D eigenvalue weighted by atomic mass is 10.2. The quantitative estimate of drug-likeness (QED) is 0.890. The molecule has 0 aliphatic heterocycles. The van der Waals surface area contributed by atoms with Gasteiger partial charge in [-0.1, -0.05) is 0 Å². The van der Waals surface area contributed by atoms with Crippen molar-refractivity contribution in [1.29, 1.82) is 5.26 Å². The predicted octanol–water partition coefficient (Wildman–Crippen LogP) is 2.58. The molecule has 1 heterocycles. The third-order valence-corrected chi connectivity index (χ3v) is 2.95. The van der Waals surface area contributed by atoms with Crippen LogP contribution in [0.2, 0.25) is 0 Å². The largest absolute Gasteiger partial charge is 0.383 e. The molecule has 0 amide bonds. The Labute approximate surface area is 111 Å². The molecule has 0 radical (unpaired) electrons. The molecule has 2 aromatic rings. The molecule has 18 heavy (non-hydrogen) atoms. The van der Waals surface area contributed by atoms with Gasteiger partial charge in [0.25, 0.3) is 0 Å². The number of halogens is 2. The van der Waals surface area contributed by atoms with Crippen LogP contribution in [0.25, 0.3) is 0 Å². The van der Waals surface area contributed by atoms with Crippen molar-refractivity contribution >= 4 is 33.3 Å². The van der Waals surface area contributed by atoms with E-state index in [1.807, 2.05) is 6.07 Å². The van der Waals surface area contributed by atoms with Crippen LogP contribution in [0.4, 0.5) is 21.7 Å². The van der Waals surface area contributed by atoms with E-state index in [2.05, 4.69) is 31.2 Å². The number of nitrogens with zero attached hydrogens (tertiary/aromatic N) is 3. The number of nitrogen functional groups attached to an aromatic ring is 1. The van der Waals surface area contributed by atoms with E-state index in [4.69, 9.17) is 11.0 Å². The molecule has 3 N–H and O–H groups in total. The standard InChI is InChI=1S/C11H7BrFN5/c12-9-10(15)16-5-17-11(9)18-8-2-1-7(13)3-6(8)4-14/h1-3,5H,(H3,15,16,17,18). The molecule has 90 valence electrons. The molecule has 1 aromatic heterocycles. The summed E-state index contributed by atoms with van der Waals surface area (Å²) in [4.78, 5) is 7.77. The number of nitrogens with two attached hydrogens (primary N) is 1. The Hall–Kier alpha value is -2.20. The summed E-state index contributed by atoms with van der Waals surface area (Å²) in [5, 5.41) is 11.8. The number of nitrogens with one attached hydrogen (secondary N) is 1. The number of hydrogen-bond acceptors (Lipinski definition) is 5. The number of benzene rings is 1. The van der Waals surface area contributed by atoms with Crippen molar-refractivity contribution < 1.29 is 4.39 Å². The molecule has 7 heteroatoms. The molecule has 2 rings (SSSR count). The van der Waals surface area contributed by atoms with Crippen molar-refractivity contribution in [3.8, 4) is 6.07 Å². The zero-order valence-electron chi connectivity index (χ0n) is 8.98. The SMILES string of the molecule is N#Cc1cc(F)ccc1Nc1ncnc(N)c1Br. The van der Waals surface area contributed by atoms with Crippen LogP contribution >= 0.6 is 15.9 Å². The zero-order valence-corrected chi connectivity index (χ0v) is 10.6. The second kappa shape index (κ2) is 4.98. The van der Waals surface area contributed by atoms with Crippen molar-refractivity contribution in [3.05, 3.63) is 40.4 Å². The molecule has 1 aromatic carbocycles. The summed E-state index contributed by atoms with van der Waals surface area (Å²) in [5.41, 5.74) is 6.23. The topological polar surface area (TPSA) is 87.6 Å². The highest BCUT2D eigenvalue weighted by atomic mass is 79.9. The fraction of sp³-hybridized carbons (Fsp3) is 0. The third-order valence-electron chi connectivity index (χ3n) is 2.17. The molecule has 0 fully saturated rings. The molecule has 0 saturated heterocycles. The van der Waals surface area contributed by atoms with Gasteiger partial charge >= 0.3 is 0 Å². The van der Waals surface area contributed by atoms with Crippen LogP contribution in [-0.4, -0.2) is 9.97 Å². The molecule has 0 unspecified atom stereocenters. The predicted molar refractivity (Wildman–Crippen MR) is 68.5 cm³/mol. The first kappa shape index (κ1) is 12.3. The minimum absolute atomic E-state index is 0.180. The van der Waals surface area contributed by atoms with Crippen LogP contribution < -0.4 is 11.1 Å². The Kier molecular flexibility index (Phi) is 3.39. The van der Waals surface area contributed by atoms with Gasteiger partial charge in [0.15, 0.2) is 0 Å². The van der Waals surface area contributed by atoms with Crippen molar-refractivity contribution in [2.45, 2.75) is 0 Å². The lowest BCUT2D eigenvalue weighted by molar-refractivity contribution is 0.627. The lowest BCUT2D eigenvalue weighted by Crippen LogP contribution is -2.01. The second-order valence-electron chi connectivity index (χ2n) is 3.35. The first-order valence-corrected chi connectivity index (χ1v) is 5.63. The van der Waals surface area contributed by atoms with Crippen molar-refractivity contribution in [2.75, 3.05) is 11.1 Å². The number of aromatic nitrogens is 2. The van der Waals surface area contributed by atoms with Gasteiger partial charge in [-0.3, -0.25) is 0 Å². The van der Waals surface area contributed by atoms with Gasteiger partial charge in [-0.25, -0.2) is 14.4 Å². The van der Waals surface area contributed by atoms with E-state index in [-0.39, 0.29) is 11.4 Å². The average molecular weight is 308 g/mol. The maximum absolute atomic E-state index is 13.0. The van der Waals surface area contributed by atoms with Crippen LogP contribution in [0.3, 0.4) is 0 Å². The molecule has 0 spiro atoms. The Morgan fingerprint density at radius 3 is 2.89 bits per heavy atom. The molecule has 0 aliphatic carbocycles. The van der Waals surface area contributed by atoms with Crippen LogP contribution in [0.5, 0.6) is 0 Å². The van der Waals surface area contributed by atoms with Crippen LogP contribution in [0.15, 0.2) is 29.0 Å². The Bertz CT molecular complexity index is 638. The van der Waals surface area contributed by atoms with E-state index in [9.17, 15) is 4.39 Å². The van der Waals surface area contributed by atoms with Crippen LogP contribution in [-0.2, 0) is 0 Å². The van der Waals surface area contributed by atoms with Gasteiger partial charge in [-0.15, -0.1) is 0 Å². The normalized spacial score (nSPS) is 9.83.